The summed E-state index contributed by atoms with van der Waals surface area (Å²) in [7, 11) is 0. The largest absolute Gasteiger partial charge is 0.311 e. The van der Waals surface area contributed by atoms with Crippen LogP contribution in [0.15, 0.2) is 0 Å². The lowest BCUT2D eigenvalue weighted by atomic mass is 9.77. The molecule has 0 amide bonds. The van der Waals surface area contributed by atoms with Crippen molar-refractivity contribution in [3.8, 4) is 0 Å². The van der Waals surface area contributed by atoms with Crippen molar-refractivity contribution >= 4 is 11.8 Å². The molecule has 106 valence electrons. The maximum atomic E-state index is 4.04. The molecule has 1 N–H and O–H groups in total. The van der Waals surface area contributed by atoms with Crippen molar-refractivity contribution in [2.75, 3.05) is 6.26 Å². The molecule has 4 atom stereocenters. The first-order valence-corrected chi connectivity index (χ1v) is 9.28. The van der Waals surface area contributed by atoms with E-state index in [1.165, 1.54) is 51.4 Å². The summed E-state index contributed by atoms with van der Waals surface area (Å²) in [5.41, 5.74) is 0. The fourth-order valence-electron chi connectivity index (χ4n) is 3.98. The van der Waals surface area contributed by atoms with Gasteiger partial charge < -0.3 is 5.32 Å². The van der Waals surface area contributed by atoms with Crippen molar-refractivity contribution in [3.63, 3.8) is 0 Å². The smallest absolute Gasteiger partial charge is 0.0100 e. The Hall–Kier alpha value is 0.310. The molecule has 1 nitrogen and oxygen atoms in total. The molecule has 0 radical (unpaired) electrons. The topological polar surface area (TPSA) is 12.0 Å². The molecule has 0 aliphatic heterocycles. The summed E-state index contributed by atoms with van der Waals surface area (Å²) in [6.45, 7) is 4.83. The van der Waals surface area contributed by atoms with Crippen LogP contribution in [-0.4, -0.2) is 23.6 Å². The lowest BCUT2D eigenvalue weighted by molar-refractivity contribution is 0.181. The highest BCUT2D eigenvalue weighted by molar-refractivity contribution is 7.99. The highest BCUT2D eigenvalue weighted by Crippen LogP contribution is 2.33. The SMILES string of the molecule is CSC1CCCC(NC2CCCCC2C(C)C)C1. The van der Waals surface area contributed by atoms with Gasteiger partial charge in [-0.05, 0) is 50.2 Å². The molecule has 0 bridgehead atoms. The summed E-state index contributed by atoms with van der Waals surface area (Å²) in [5, 5.41) is 4.95. The van der Waals surface area contributed by atoms with Crippen molar-refractivity contribution < 1.29 is 0 Å². The molecule has 0 aromatic heterocycles. The van der Waals surface area contributed by atoms with Gasteiger partial charge in [0.05, 0.1) is 0 Å². The van der Waals surface area contributed by atoms with Crippen molar-refractivity contribution in [2.24, 2.45) is 11.8 Å². The van der Waals surface area contributed by atoms with E-state index in [1.807, 2.05) is 0 Å². The maximum Gasteiger partial charge on any atom is 0.0100 e. The molecule has 2 heteroatoms. The predicted octanol–water partition coefficient (Wildman–Crippen LogP) is 4.47. The minimum Gasteiger partial charge on any atom is -0.311 e. The molecule has 4 unspecified atom stereocenters. The van der Waals surface area contributed by atoms with E-state index in [0.717, 1.165) is 29.2 Å². The van der Waals surface area contributed by atoms with E-state index in [1.54, 1.807) is 0 Å². The van der Waals surface area contributed by atoms with Gasteiger partial charge in [0, 0.05) is 17.3 Å². The summed E-state index contributed by atoms with van der Waals surface area (Å²) in [4.78, 5) is 0. The van der Waals surface area contributed by atoms with Crippen LogP contribution in [0.4, 0.5) is 0 Å². The van der Waals surface area contributed by atoms with Crippen LogP contribution in [-0.2, 0) is 0 Å². The molecule has 0 aromatic carbocycles. The van der Waals surface area contributed by atoms with Gasteiger partial charge in [-0.25, -0.2) is 0 Å². The first-order chi connectivity index (χ1) is 8.70. The van der Waals surface area contributed by atoms with Crippen molar-refractivity contribution in [1.29, 1.82) is 0 Å². The molecule has 2 fully saturated rings. The second-order valence-electron chi connectivity index (χ2n) is 6.69. The van der Waals surface area contributed by atoms with Gasteiger partial charge in [0.15, 0.2) is 0 Å². The van der Waals surface area contributed by atoms with Crippen LogP contribution in [0.25, 0.3) is 0 Å². The number of hydrogen-bond donors (Lipinski definition) is 1. The Balaban J connectivity index is 1.86. The first kappa shape index (κ1) is 14.7. The lowest BCUT2D eigenvalue weighted by Gasteiger charge is -2.39. The van der Waals surface area contributed by atoms with Gasteiger partial charge >= 0.3 is 0 Å². The number of hydrogen-bond acceptors (Lipinski definition) is 2. The monoisotopic (exact) mass is 269 g/mol. The fraction of sp³-hybridized carbons (Fsp3) is 1.00. The van der Waals surface area contributed by atoms with Gasteiger partial charge in [-0.3, -0.25) is 0 Å². The quantitative estimate of drug-likeness (QED) is 0.808. The zero-order chi connectivity index (χ0) is 13.0. The molecule has 2 rings (SSSR count). The fourth-order valence-corrected chi connectivity index (χ4v) is 4.80. The van der Waals surface area contributed by atoms with E-state index in [0.29, 0.717) is 0 Å². The molecular formula is C16H31NS. The van der Waals surface area contributed by atoms with E-state index in [4.69, 9.17) is 0 Å². The number of thioether (sulfide) groups is 1. The first-order valence-electron chi connectivity index (χ1n) is 7.99. The van der Waals surface area contributed by atoms with Gasteiger partial charge in [0.2, 0.25) is 0 Å². The second-order valence-corrected chi connectivity index (χ2v) is 7.82. The Morgan fingerprint density at radius 3 is 2.50 bits per heavy atom. The van der Waals surface area contributed by atoms with E-state index in [2.05, 4.69) is 37.2 Å². The van der Waals surface area contributed by atoms with Crippen LogP contribution in [0, 0.1) is 11.8 Å². The van der Waals surface area contributed by atoms with Gasteiger partial charge in [0.25, 0.3) is 0 Å². The third-order valence-corrected chi connectivity index (χ3v) is 6.18. The van der Waals surface area contributed by atoms with E-state index in [-0.39, 0.29) is 0 Å². The van der Waals surface area contributed by atoms with Gasteiger partial charge in [-0.1, -0.05) is 33.1 Å². The summed E-state index contributed by atoms with van der Waals surface area (Å²) < 4.78 is 0. The molecule has 2 aliphatic rings. The van der Waals surface area contributed by atoms with Crippen LogP contribution in [0.5, 0.6) is 0 Å². The summed E-state index contributed by atoms with van der Waals surface area (Å²) in [5.74, 6) is 1.77. The molecule has 2 saturated carbocycles. The van der Waals surface area contributed by atoms with Crippen LogP contribution in [0.2, 0.25) is 0 Å². The summed E-state index contributed by atoms with van der Waals surface area (Å²) in [6.07, 6.45) is 13.8. The maximum absolute atomic E-state index is 4.04. The Morgan fingerprint density at radius 2 is 1.78 bits per heavy atom. The number of rotatable bonds is 4. The second kappa shape index (κ2) is 7.19. The van der Waals surface area contributed by atoms with Crippen LogP contribution >= 0.6 is 11.8 Å². The van der Waals surface area contributed by atoms with Crippen LogP contribution < -0.4 is 5.32 Å². The van der Waals surface area contributed by atoms with Crippen molar-refractivity contribution in [3.05, 3.63) is 0 Å². The Morgan fingerprint density at radius 1 is 1.00 bits per heavy atom. The lowest BCUT2D eigenvalue weighted by Crippen LogP contribution is -2.47. The molecule has 0 aromatic rings. The normalized spacial score (nSPS) is 38.0. The molecule has 0 spiro atoms. The van der Waals surface area contributed by atoms with Gasteiger partial charge in [0.1, 0.15) is 0 Å². The highest BCUT2D eigenvalue weighted by atomic mass is 32.2. The average molecular weight is 269 g/mol. The Kier molecular flexibility index (Phi) is 5.88. The van der Waals surface area contributed by atoms with Gasteiger partial charge in [-0.2, -0.15) is 11.8 Å². The third-order valence-electron chi connectivity index (χ3n) is 5.08. The Labute approximate surface area is 118 Å². The predicted molar refractivity (Wildman–Crippen MR) is 83.3 cm³/mol. The van der Waals surface area contributed by atoms with E-state index < -0.39 is 0 Å². The summed E-state index contributed by atoms with van der Waals surface area (Å²) >= 11 is 2.08. The van der Waals surface area contributed by atoms with E-state index in [9.17, 15) is 0 Å². The van der Waals surface area contributed by atoms with Crippen LogP contribution in [0.1, 0.15) is 65.2 Å². The Bertz CT molecular complexity index is 241. The van der Waals surface area contributed by atoms with Crippen LogP contribution in [0.3, 0.4) is 0 Å². The molecule has 0 saturated heterocycles. The van der Waals surface area contributed by atoms with Gasteiger partial charge in [-0.15, -0.1) is 0 Å². The van der Waals surface area contributed by atoms with Crippen molar-refractivity contribution in [2.45, 2.75) is 82.5 Å². The zero-order valence-corrected chi connectivity index (χ0v) is 13.3. The zero-order valence-electron chi connectivity index (χ0n) is 12.5. The molecule has 18 heavy (non-hydrogen) atoms. The van der Waals surface area contributed by atoms with Crippen molar-refractivity contribution in [1.82, 2.24) is 5.32 Å². The van der Waals surface area contributed by atoms with E-state index >= 15 is 0 Å². The average Bonchev–Trinajstić information content (AvgIpc) is 2.39. The number of nitrogens with one attached hydrogen (secondary N) is 1. The standard InChI is InChI=1S/C16H31NS/c1-12(2)15-9-4-5-10-16(15)17-13-7-6-8-14(11-13)18-3/h12-17H,4-11H2,1-3H3. The summed E-state index contributed by atoms with van der Waals surface area (Å²) in [6, 6.07) is 1.62. The minimum absolute atomic E-state index is 0.806. The molecule has 2 aliphatic carbocycles. The highest BCUT2D eigenvalue weighted by Gasteiger charge is 2.30. The molecule has 0 heterocycles. The third kappa shape index (κ3) is 3.90. The molecular weight excluding hydrogens is 238 g/mol. The minimum atomic E-state index is 0.806.